The molecule has 0 bridgehead atoms. The van der Waals surface area contributed by atoms with Crippen molar-refractivity contribution in [1.82, 2.24) is 0 Å². The first-order valence-corrected chi connectivity index (χ1v) is 3.79. The van der Waals surface area contributed by atoms with E-state index in [2.05, 4.69) is 5.11 Å². The Labute approximate surface area is 85.4 Å². The molecule has 16 heavy (non-hydrogen) atoms. The summed E-state index contributed by atoms with van der Waals surface area (Å²) >= 11 is 0. The van der Waals surface area contributed by atoms with Crippen molar-refractivity contribution in [3.8, 4) is 0 Å². The van der Waals surface area contributed by atoms with Gasteiger partial charge in [0.1, 0.15) is 0 Å². The van der Waals surface area contributed by atoms with Crippen molar-refractivity contribution >= 4 is 5.69 Å². The van der Waals surface area contributed by atoms with Gasteiger partial charge in [-0.2, -0.15) is 26.3 Å². The lowest BCUT2D eigenvalue weighted by Gasteiger charge is -2.13. The smallest absolute Gasteiger partial charge is 0.416 e. The lowest BCUT2D eigenvalue weighted by molar-refractivity contribution is -0.143. The molecular formula is C8H3F6N2-. The van der Waals surface area contributed by atoms with Crippen LogP contribution in [0.1, 0.15) is 11.1 Å². The van der Waals surface area contributed by atoms with Crippen LogP contribution in [0.3, 0.4) is 0 Å². The molecule has 0 atom stereocenters. The Bertz CT molecular complexity index is 374. The first-order valence-electron chi connectivity index (χ1n) is 3.79. The SMILES string of the molecule is [N-]=Nc1cc(C(F)(F)F)cc(C(F)(F)F)c1. The zero-order valence-electron chi connectivity index (χ0n) is 7.39. The van der Waals surface area contributed by atoms with E-state index in [1.54, 1.807) is 0 Å². The van der Waals surface area contributed by atoms with Gasteiger partial charge in [-0.15, -0.1) is 0 Å². The summed E-state index contributed by atoms with van der Waals surface area (Å²) in [5.41, 5.74) is 4.37. The van der Waals surface area contributed by atoms with E-state index in [9.17, 15) is 26.3 Å². The third kappa shape index (κ3) is 2.71. The van der Waals surface area contributed by atoms with Crippen LogP contribution in [0.25, 0.3) is 5.53 Å². The Balaban J connectivity index is 3.39. The van der Waals surface area contributed by atoms with Gasteiger partial charge < -0.3 is 10.6 Å². The third-order valence-electron chi connectivity index (χ3n) is 1.69. The van der Waals surface area contributed by atoms with Crippen molar-refractivity contribution in [2.24, 2.45) is 5.11 Å². The van der Waals surface area contributed by atoms with Gasteiger partial charge in [0, 0.05) is 5.69 Å². The molecule has 2 nitrogen and oxygen atoms in total. The van der Waals surface area contributed by atoms with Crippen LogP contribution in [0.5, 0.6) is 0 Å². The van der Waals surface area contributed by atoms with Crippen molar-refractivity contribution in [3.63, 3.8) is 0 Å². The Kier molecular flexibility index (Phi) is 2.93. The fourth-order valence-corrected chi connectivity index (χ4v) is 0.996. The molecule has 0 spiro atoms. The lowest BCUT2D eigenvalue weighted by atomic mass is 10.1. The number of nitrogens with zero attached hydrogens (tertiary/aromatic N) is 2. The van der Waals surface area contributed by atoms with Gasteiger partial charge in [0.2, 0.25) is 0 Å². The van der Waals surface area contributed by atoms with E-state index in [1.807, 2.05) is 0 Å². The lowest BCUT2D eigenvalue weighted by Crippen LogP contribution is -2.10. The van der Waals surface area contributed by atoms with E-state index in [0.717, 1.165) is 0 Å². The van der Waals surface area contributed by atoms with Gasteiger partial charge in [-0.1, -0.05) is 0 Å². The second-order valence-corrected chi connectivity index (χ2v) is 2.86. The average Bonchev–Trinajstić information content (AvgIpc) is 2.14. The fraction of sp³-hybridized carbons (Fsp3) is 0.250. The van der Waals surface area contributed by atoms with Gasteiger partial charge >= 0.3 is 12.4 Å². The summed E-state index contributed by atoms with van der Waals surface area (Å²) in [4.78, 5) is 0. The maximum Gasteiger partial charge on any atom is 0.416 e. The molecule has 0 aliphatic rings. The minimum absolute atomic E-state index is 0.0469. The van der Waals surface area contributed by atoms with Crippen LogP contribution in [-0.4, -0.2) is 0 Å². The third-order valence-corrected chi connectivity index (χ3v) is 1.69. The van der Waals surface area contributed by atoms with Crippen molar-refractivity contribution < 1.29 is 26.3 Å². The Hall–Kier alpha value is -1.60. The molecule has 0 aliphatic heterocycles. The van der Waals surface area contributed by atoms with Crippen LogP contribution in [0, 0.1) is 0 Å². The van der Waals surface area contributed by atoms with Crippen LogP contribution < -0.4 is 0 Å². The highest BCUT2D eigenvalue weighted by Crippen LogP contribution is 2.38. The van der Waals surface area contributed by atoms with E-state index in [1.165, 1.54) is 0 Å². The average molecular weight is 241 g/mol. The monoisotopic (exact) mass is 241 g/mol. The second-order valence-electron chi connectivity index (χ2n) is 2.86. The van der Waals surface area contributed by atoms with Gasteiger partial charge in [0.25, 0.3) is 0 Å². The summed E-state index contributed by atoms with van der Waals surface area (Å²) in [6, 6.07) is 0.582. The summed E-state index contributed by atoms with van der Waals surface area (Å²) in [7, 11) is 0. The highest BCUT2D eigenvalue weighted by molar-refractivity contribution is 5.45. The molecule has 1 rings (SSSR count). The topological polar surface area (TPSA) is 34.7 Å². The van der Waals surface area contributed by atoms with E-state index >= 15 is 0 Å². The van der Waals surface area contributed by atoms with E-state index in [-0.39, 0.29) is 6.07 Å². The van der Waals surface area contributed by atoms with Gasteiger partial charge in [0.05, 0.1) is 11.1 Å². The predicted octanol–water partition coefficient (Wildman–Crippen LogP) is 4.38. The predicted molar refractivity (Wildman–Crippen MR) is 41.9 cm³/mol. The molecule has 0 saturated carbocycles. The molecule has 0 N–H and O–H groups in total. The summed E-state index contributed by atoms with van der Waals surface area (Å²) in [6.07, 6.45) is -9.86. The van der Waals surface area contributed by atoms with Crippen LogP contribution in [0.2, 0.25) is 0 Å². The molecular weight excluding hydrogens is 238 g/mol. The Morgan fingerprint density at radius 1 is 0.812 bits per heavy atom. The molecule has 0 aliphatic carbocycles. The molecule has 1 aromatic carbocycles. The molecule has 0 fully saturated rings. The highest BCUT2D eigenvalue weighted by Gasteiger charge is 2.36. The molecule has 8 heteroatoms. The normalized spacial score (nSPS) is 12.6. The number of rotatable bonds is 1. The van der Waals surface area contributed by atoms with Gasteiger partial charge in [-0.05, 0) is 18.2 Å². The minimum atomic E-state index is -4.93. The molecule has 0 unspecified atom stereocenters. The van der Waals surface area contributed by atoms with Gasteiger partial charge in [0.15, 0.2) is 0 Å². The Morgan fingerprint density at radius 2 is 1.19 bits per heavy atom. The van der Waals surface area contributed by atoms with Crippen LogP contribution in [-0.2, 0) is 12.4 Å². The molecule has 0 amide bonds. The van der Waals surface area contributed by atoms with Gasteiger partial charge in [-0.3, -0.25) is 0 Å². The number of benzene rings is 1. The number of alkyl halides is 6. The van der Waals surface area contributed by atoms with Crippen molar-refractivity contribution in [1.29, 1.82) is 0 Å². The van der Waals surface area contributed by atoms with Crippen molar-refractivity contribution in [3.05, 3.63) is 34.9 Å². The Morgan fingerprint density at radius 3 is 1.44 bits per heavy atom. The molecule has 0 saturated heterocycles. The molecule has 0 aromatic heterocycles. The zero-order chi connectivity index (χ0) is 12.6. The largest absolute Gasteiger partial charge is 0.706 e. The summed E-state index contributed by atoms with van der Waals surface area (Å²) in [5.74, 6) is 0. The molecule has 0 heterocycles. The van der Waals surface area contributed by atoms with E-state index in [4.69, 9.17) is 5.53 Å². The van der Waals surface area contributed by atoms with Crippen LogP contribution in [0.4, 0.5) is 32.0 Å². The number of hydrogen-bond donors (Lipinski definition) is 0. The summed E-state index contributed by atoms with van der Waals surface area (Å²) in [5, 5.41) is 2.32. The fourth-order valence-electron chi connectivity index (χ4n) is 0.996. The highest BCUT2D eigenvalue weighted by atomic mass is 19.4. The van der Waals surface area contributed by atoms with Crippen molar-refractivity contribution in [2.45, 2.75) is 12.4 Å². The first-order chi connectivity index (χ1) is 7.14. The second kappa shape index (κ2) is 3.76. The molecule has 1 aromatic rings. The molecule has 0 radical (unpaired) electrons. The maximum atomic E-state index is 12.2. The first kappa shape index (κ1) is 12.5. The van der Waals surface area contributed by atoms with Gasteiger partial charge in [-0.25, -0.2) is 0 Å². The number of hydrogen-bond acceptors (Lipinski definition) is 1. The quantitative estimate of drug-likeness (QED) is 0.516. The zero-order valence-corrected chi connectivity index (χ0v) is 7.39. The summed E-state index contributed by atoms with van der Waals surface area (Å²) in [6.45, 7) is 0. The minimum Gasteiger partial charge on any atom is -0.706 e. The van der Waals surface area contributed by atoms with E-state index in [0.29, 0.717) is 12.1 Å². The summed E-state index contributed by atoms with van der Waals surface area (Å²) < 4.78 is 73.1. The van der Waals surface area contributed by atoms with Crippen LogP contribution >= 0.6 is 0 Å². The number of halogens is 6. The van der Waals surface area contributed by atoms with Crippen molar-refractivity contribution in [2.75, 3.05) is 0 Å². The molecule has 88 valence electrons. The standard InChI is InChI=1S/C8H3F6N2/c9-7(10,11)4-1-5(8(12,13)14)3-6(2-4)16-15/h1-3H/q-1. The van der Waals surface area contributed by atoms with Crippen LogP contribution in [0.15, 0.2) is 23.3 Å². The maximum absolute atomic E-state index is 12.2. The van der Waals surface area contributed by atoms with E-state index < -0.39 is 29.2 Å².